The molecular weight excluding hydrogens is 244 g/mol. The number of ether oxygens (including phenoxy) is 1. The highest BCUT2D eigenvalue weighted by atomic mass is 32.2. The van der Waals surface area contributed by atoms with Crippen LogP contribution in [-0.4, -0.2) is 23.9 Å². The highest BCUT2D eigenvalue weighted by molar-refractivity contribution is 8.00. The lowest BCUT2D eigenvalue weighted by molar-refractivity contribution is 0.102. The summed E-state index contributed by atoms with van der Waals surface area (Å²) >= 11 is 1.68. The van der Waals surface area contributed by atoms with Crippen LogP contribution in [0.25, 0.3) is 0 Å². The largest absolute Gasteiger partial charge is 0.497 e. The Kier molecular flexibility index (Phi) is 5.73. The van der Waals surface area contributed by atoms with Crippen molar-refractivity contribution in [2.45, 2.75) is 38.9 Å². The van der Waals surface area contributed by atoms with E-state index in [4.69, 9.17) is 4.74 Å². The molecular formula is C15H22O2S. The molecule has 0 amide bonds. The van der Waals surface area contributed by atoms with Crippen molar-refractivity contribution in [1.82, 2.24) is 0 Å². The van der Waals surface area contributed by atoms with Crippen LogP contribution in [0.1, 0.15) is 49.5 Å². The van der Waals surface area contributed by atoms with Crippen LogP contribution in [-0.2, 0) is 0 Å². The standard InChI is InChI=1S/C15H22O2S/c1-10(2)14-8-12(17-5)6-7-13(14)15(16)9-18-11(3)4/h6-8,10-11H,9H2,1-5H3. The van der Waals surface area contributed by atoms with E-state index in [0.29, 0.717) is 16.9 Å². The number of thioether (sulfide) groups is 1. The third kappa shape index (κ3) is 4.05. The zero-order chi connectivity index (χ0) is 13.7. The minimum absolute atomic E-state index is 0.208. The van der Waals surface area contributed by atoms with Gasteiger partial charge in [-0.25, -0.2) is 0 Å². The van der Waals surface area contributed by atoms with Gasteiger partial charge in [0.1, 0.15) is 5.75 Å². The summed E-state index contributed by atoms with van der Waals surface area (Å²) < 4.78 is 5.22. The monoisotopic (exact) mass is 266 g/mol. The van der Waals surface area contributed by atoms with Crippen LogP contribution in [0.15, 0.2) is 18.2 Å². The molecule has 0 heterocycles. The summed E-state index contributed by atoms with van der Waals surface area (Å²) in [6.07, 6.45) is 0. The van der Waals surface area contributed by atoms with E-state index >= 15 is 0 Å². The minimum Gasteiger partial charge on any atom is -0.497 e. The maximum absolute atomic E-state index is 12.2. The number of ketones is 1. The lowest BCUT2D eigenvalue weighted by Crippen LogP contribution is -2.09. The van der Waals surface area contributed by atoms with Crippen LogP contribution in [0.3, 0.4) is 0 Å². The molecule has 2 nitrogen and oxygen atoms in total. The molecule has 3 heteroatoms. The molecule has 1 rings (SSSR count). The van der Waals surface area contributed by atoms with Gasteiger partial charge in [0.25, 0.3) is 0 Å². The molecule has 0 saturated heterocycles. The molecule has 0 aromatic heterocycles. The van der Waals surface area contributed by atoms with E-state index in [1.165, 1.54) is 0 Å². The fourth-order valence-electron chi connectivity index (χ4n) is 1.72. The second-order valence-electron chi connectivity index (χ2n) is 4.89. The Bertz CT molecular complexity index is 411. The van der Waals surface area contributed by atoms with Crippen LogP contribution < -0.4 is 4.74 Å². The molecule has 0 aliphatic rings. The number of methoxy groups -OCH3 is 1. The zero-order valence-electron chi connectivity index (χ0n) is 11.8. The van der Waals surface area contributed by atoms with Crippen molar-refractivity contribution in [3.8, 4) is 5.75 Å². The summed E-state index contributed by atoms with van der Waals surface area (Å²) in [5.41, 5.74) is 1.91. The van der Waals surface area contributed by atoms with Gasteiger partial charge in [0, 0.05) is 5.56 Å². The summed E-state index contributed by atoms with van der Waals surface area (Å²) in [5, 5.41) is 0.481. The first-order valence-electron chi connectivity index (χ1n) is 6.28. The fraction of sp³-hybridized carbons (Fsp3) is 0.533. The lowest BCUT2D eigenvalue weighted by Gasteiger charge is -2.14. The van der Waals surface area contributed by atoms with E-state index in [9.17, 15) is 4.79 Å². The molecule has 0 aliphatic carbocycles. The first kappa shape index (κ1) is 15.1. The van der Waals surface area contributed by atoms with E-state index in [1.807, 2.05) is 18.2 Å². The van der Waals surface area contributed by atoms with Gasteiger partial charge in [-0.3, -0.25) is 4.79 Å². The molecule has 1 aromatic rings. The molecule has 0 spiro atoms. The SMILES string of the molecule is COc1ccc(C(=O)CSC(C)C)c(C(C)C)c1. The van der Waals surface area contributed by atoms with Crippen LogP contribution in [0.2, 0.25) is 0 Å². The van der Waals surface area contributed by atoms with E-state index in [0.717, 1.165) is 16.9 Å². The second-order valence-corrected chi connectivity index (χ2v) is 6.46. The van der Waals surface area contributed by atoms with Crippen molar-refractivity contribution < 1.29 is 9.53 Å². The van der Waals surface area contributed by atoms with Crippen molar-refractivity contribution in [1.29, 1.82) is 0 Å². The smallest absolute Gasteiger partial charge is 0.173 e. The molecule has 0 fully saturated rings. The molecule has 100 valence electrons. The van der Waals surface area contributed by atoms with Crippen LogP contribution >= 0.6 is 11.8 Å². The van der Waals surface area contributed by atoms with Crippen LogP contribution in [0.5, 0.6) is 5.75 Å². The number of hydrogen-bond donors (Lipinski definition) is 0. The molecule has 0 unspecified atom stereocenters. The maximum atomic E-state index is 12.2. The van der Waals surface area contributed by atoms with Gasteiger partial charge in [0.05, 0.1) is 12.9 Å². The highest BCUT2D eigenvalue weighted by Crippen LogP contribution is 2.26. The van der Waals surface area contributed by atoms with Gasteiger partial charge in [-0.1, -0.05) is 27.7 Å². The van der Waals surface area contributed by atoms with Gasteiger partial charge in [-0.05, 0) is 34.9 Å². The Hall–Kier alpha value is -0.960. The summed E-state index contributed by atoms with van der Waals surface area (Å²) in [6, 6.07) is 5.72. The van der Waals surface area contributed by atoms with Gasteiger partial charge in [0.15, 0.2) is 5.78 Å². The molecule has 0 atom stereocenters. The van der Waals surface area contributed by atoms with E-state index < -0.39 is 0 Å². The van der Waals surface area contributed by atoms with Gasteiger partial charge in [-0.15, -0.1) is 0 Å². The number of carbonyl (C=O) groups is 1. The van der Waals surface area contributed by atoms with Gasteiger partial charge < -0.3 is 4.74 Å². The Morgan fingerprint density at radius 1 is 1.28 bits per heavy atom. The number of rotatable bonds is 6. The van der Waals surface area contributed by atoms with Crippen molar-refractivity contribution in [3.63, 3.8) is 0 Å². The number of Topliss-reactive ketones (excluding diaryl/α,β-unsaturated/α-hetero) is 1. The minimum atomic E-state index is 0.208. The average molecular weight is 266 g/mol. The van der Waals surface area contributed by atoms with E-state index in [2.05, 4.69) is 27.7 Å². The summed E-state index contributed by atoms with van der Waals surface area (Å²) in [5.74, 6) is 1.89. The maximum Gasteiger partial charge on any atom is 0.173 e. The van der Waals surface area contributed by atoms with Crippen molar-refractivity contribution in [2.24, 2.45) is 0 Å². The lowest BCUT2D eigenvalue weighted by atomic mass is 9.95. The number of carbonyl (C=O) groups excluding carboxylic acids is 1. The second kappa shape index (κ2) is 6.83. The molecule has 0 aliphatic heterocycles. The zero-order valence-corrected chi connectivity index (χ0v) is 12.6. The third-order valence-corrected chi connectivity index (χ3v) is 3.82. The van der Waals surface area contributed by atoms with Gasteiger partial charge in [0.2, 0.25) is 0 Å². The molecule has 0 radical (unpaired) electrons. The molecule has 0 saturated carbocycles. The van der Waals surface area contributed by atoms with Crippen molar-refractivity contribution in [2.75, 3.05) is 12.9 Å². The molecule has 0 N–H and O–H groups in total. The predicted octanol–water partition coefficient (Wildman–Crippen LogP) is 4.14. The van der Waals surface area contributed by atoms with Gasteiger partial charge >= 0.3 is 0 Å². The first-order valence-corrected chi connectivity index (χ1v) is 7.33. The first-order chi connectivity index (χ1) is 8.45. The Labute approximate surface area is 114 Å². The summed E-state index contributed by atoms with van der Waals surface area (Å²) in [6.45, 7) is 8.41. The Morgan fingerprint density at radius 3 is 2.44 bits per heavy atom. The fourth-order valence-corrected chi connectivity index (χ4v) is 2.36. The van der Waals surface area contributed by atoms with Crippen molar-refractivity contribution in [3.05, 3.63) is 29.3 Å². The van der Waals surface area contributed by atoms with E-state index in [-0.39, 0.29) is 5.78 Å². The van der Waals surface area contributed by atoms with Crippen LogP contribution in [0, 0.1) is 0 Å². The summed E-state index contributed by atoms with van der Waals surface area (Å²) in [7, 11) is 1.65. The average Bonchev–Trinajstić information content (AvgIpc) is 2.34. The van der Waals surface area contributed by atoms with Gasteiger partial charge in [-0.2, -0.15) is 11.8 Å². The number of hydrogen-bond acceptors (Lipinski definition) is 3. The van der Waals surface area contributed by atoms with Crippen LogP contribution in [0.4, 0.5) is 0 Å². The third-order valence-electron chi connectivity index (χ3n) is 2.73. The predicted molar refractivity (Wildman–Crippen MR) is 79.0 cm³/mol. The van der Waals surface area contributed by atoms with Crippen molar-refractivity contribution >= 4 is 17.5 Å². The summed E-state index contributed by atoms with van der Waals surface area (Å²) in [4.78, 5) is 12.2. The van der Waals surface area contributed by atoms with E-state index in [1.54, 1.807) is 18.9 Å². The Morgan fingerprint density at radius 2 is 1.94 bits per heavy atom. The normalized spacial score (nSPS) is 11.1. The highest BCUT2D eigenvalue weighted by Gasteiger charge is 2.15. The Balaban J connectivity index is 2.96. The molecule has 0 bridgehead atoms. The molecule has 1 aromatic carbocycles. The molecule has 18 heavy (non-hydrogen) atoms. The quantitative estimate of drug-likeness (QED) is 0.724. The number of benzene rings is 1. The topological polar surface area (TPSA) is 26.3 Å².